The van der Waals surface area contributed by atoms with Gasteiger partial charge >= 0.3 is 0 Å². The van der Waals surface area contributed by atoms with Gasteiger partial charge in [0.25, 0.3) is 0 Å². The predicted octanol–water partition coefficient (Wildman–Crippen LogP) is 2.08. The van der Waals surface area contributed by atoms with Crippen LogP contribution >= 0.6 is 12.4 Å². The molecule has 1 fully saturated rings. The second-order valence-corrected chi connectivity index (χ2v) is 4.68. The largest absolute Gasteiger partial charge is 0.371 e. The summed E-state index contributed by atoms with van der Waals surface area (Å²) in [7, 11) is 0. The summed E-state index contributed by atoms with van der Waals surface area (Å²) in [6, 6.07) is 8.84. The highest BCUT2D eigenvalue weighted by Gasteiger charge is 2.23. The van der Waals surface area contributed by atoms with Crippen molar-refractivity contribution in [3.63, 3.8) is 0 Å². The number of hydrogen-bond donors (Lipinski definition) is 1. The monoisotopic (exact) mass is 238 g/mol. The Morgan fingerprint density at radius 3 is 3.00 bits per heavy atom. The minimum atomic E-state index is 0. The van der Waals surface area contributed by atoms with Crippen molar-refractivity contribution in [2.75, 3.05) is 31.1 Å². The summed E-state index contributed by atoms with van der Waals surface area (Å²) in [5.74, 6) is 0.858. The van der Waals surface area contributed by atoms with E-state index in [-0.39, 0.29) is 12.4 Å². The maximum atomic E-state index is 3.44. The van der Waals surface area contributed by atoms with Gasteiger partial charge in [-0.2, -0.15) is 0 Å². The van der Waals surface area contributed by atoms with E-state index in [1.165, 1.54) is 50.3 Å². The van der Waals surface area contributed by atoms with Crippen molar-refractivity contribution in [1.29, 1.82) is 0 Å². The number of hydrogen-bond acceptors (Lipinski definition) is 2. The van der Waals surface area contributed by atoms with Crippen LogP contribution < -0.4 is 10.2 Å². The van der Waals surface area contributed by atoms with Crippen molar-refractivity contribution in [3.05, 3.63) is 29.8 Å². The van der Waals surface area contributed by atoms with Crippen LogP contribution in [0.3, 0.4) is 0 Å². The standard InChI is InChI=1S/C13H18N2.ClH/c1-2-4-13-12(3-1)6-8-15(13)10-11-5-7-14-9-11;/h1-4,11,14H,5-10H2;1H. The van der Waals surface area contributed by atoms with Crippen molar-refractivity contribution in [2.45, 2.75) is 12.8 Å². The normalized spacial score (nSPS) is 23.0. The van der Waals surface area contributed by atoms with E-state index < -0.39 is 0 Å². The first-order valence-electron chi connectivity index (χ1n) is 5.97. The highest BCUT2D eigenvalue weighted by Crippen LogP contribution is 2.28. The molecule has 1 aromatic carbocycles. The Morgan fingerprint density at radius 2 is 2.19 bits per heavy atom. The maximum absolute atomic E-state index is 3.44. The van der Waals surface area contributed by atoms with Crippen LogP contribution in [0.15, 0.2) is 24.3 Å². The van der Waals surface area contributed by atoms with Gasteiger partial charge in [0.15, 0.2) is 0 Å². The molecule has 1 atom stereocenters. The number of para-hydroxylation sites is 1. The molecule has 0 saturated carbocycles. The van der Waals surface area contributed by atoms with Gasteiger partial charge in [-0.15, -0.1) is 12.4 Å². The molecule has 0 aliphatic carbocycles. The minimum Gasteiger partial charge on any atom is -0.371 e. The molecule has 0 radical (unpaired) electrons. The molecule has 88 valence electrons. The first kappa shape index (κ1) is 11.7. The first-order chi connectivity index (χ1) is 7.43. The molecule has 3 rings (SSSR count). The van der Waals surface area contributed by atoms with E-state index in [0.29, 0.717) is 0 Å². The van der Waals surface area contributed by atoms with Gasteiger partial charge in [0.2, 0.25) is 0 Å². The van der Waals surface area contributed by atoms with Crippen molar-refractivity contribution < 1.29 is 0 Å². The Hall–Kier alpha value is -0.730. The molecule has 16 heavy (non-hydrogen) atoms. The Balaban J connectivity index is 0.000000963. The van der Waals surface area contributed by atoms with Crippen molar-refractivity contribution in [3.8, 4) is 0 Å². The minimum absolute atomic E-state index is 0. The number of fused-ring (bicyclic) bond motifs is 1. The lowest BCUT2D eigenvalue weighted by molar-refractivity contribution is 0.567. The second-order valence-electron chi connectivity index (χ2n) is 4.68. The third-order valence-corrected chi connectivity index (χ3v) is 3.62. The van der Waals surface area contributed by atoms with Gasteiger partial charge in [0.05, 0.1) is 0 Å². The lowest BCUT2D eigenvalue weighted by Gasteiger charge is -2.22. The summed E-state index contributed by atoms with van der Waals surface area (Å²) < 4.78 is 0. The average Bonchev–Trinajstić information content (AvgIpc) is 2.89. The molecule has 1 unspecified atom stereocenters. The zero-order chi connectivity index (χ0) is 10.1. The van der Waals surface area contributed by atoms with E-state index in [4.69, 9.17) is 0 Å². The Kier molecular flexibility index (Phi) is 3.72. The molecular formula is C13H19ClN2. The number of anilines is 1. The molecule has 3 heteroatoms. The van der Waals surface area contributed by atoms with E-state index in [0.717, 1.165) is 5.92 Å². The quantitative estimate of drug-likeness (QED) is 0.849. The third kappa shape index (κ3) is 2.18. The van der Waals surface area contributed by atoms with E-state index in [1.807, 2.05) is 0 Å². The maximum Gasteiger partial charge on any atom is 0.0399 e. The fraction of sp³-hybridized carbons (Fsp3) is 0.538. The molecule has 2 heterocycles. The topological polar surface area (TPSA) is 15.3 Å². The molecule has 0 aromatic heterocycles. The van der Waals surface area contributed by atoms with Crippen LogP contribution in [0.25, 0.3) is 0 Å². The van der Waals surface area contributed by atoms with Gasteiger partial charge in [-0.1, -0.05) is 18.2 Å². The number of nitrogens with zero attached hydrogens (tertiary/aromatic N) is 1. The van der Waals surface area contributed by atoms with E-state index in [9.17, 15) is 0 Å². The average molecular weight is 239 g/mol. The second kappa shape index (κ2) is 5.07. The molecule has 1 saturated heterocycles. The zero-order valence-corrected chi connectivity index (χ0v) is 10.3. The predicted molar refractivity (Wildman–Crippen MR) is 70.6 cm³/mol. The lowest BCUT2D eigenvalue weighted by atomic mass is 10.1. The van der Waals surface area contributed by atoms with E-state index in [1.54, 1.807) is 0 Å². The van der Waals surface area contributed by atoms with Crippen LogP contribution in [0.1, 0.15) is 12.0 Å². The van der Waals surface area contributed by atoms with Gasteiger partial charge in [0.1, 0.15) is 0 Å². The van der Waals surface area contributed by atoms with Crippen LogP contribution in [0, 0.1) is 5.92 Å². The summed E-state index contributed by atoms with van der Waals surface area (Å²) in [5.41, 5.74) is 3.01. The van der Waals surface area contributed by atoms with Crippen molar-refractivity contribution in [1.82, 2.24) is 5.32 Å². The first-order valence-corrected chi connectivity index (χ1v) is 5.97. The number of nitrogens with one attached hydrogen (secondary N) is 1. The summed E-state index contributed by atoms with van der Waals surface area (Å²) >= 11 is 0. The molecular weight excluding hydrogens is 220 g/mol. The van der Waals surface area contributed by atoms with Crippen LogP contribution in [0.2, 0.25) is 0 Å². The van der Waals surface area contributed by atoms with Gasteiger partial charge in [-0.25, -0.2) is 0 Å². The van der Waals surface area contributed by atoms with Gasteiger partial charge < -0.3 is 10.2 Å². The Bertz CT molecular complexity index is 348. The van der Waals surface area contributed by atoms with Gasteiger partial charge in [-0.05, 0) is 43.5 Å². The number of halogens is 1. The smallest absolute Gasteiger partial charge is 0.0399 e. The van der Waals surface area contributed by atoms with Gasteiger partial charge in [-0.3, -0.25) is 0 Å². The van der Waals surface area contributed by atoms with Crippen LogP contribution in [-0.2, 0) is 6.42 Å². The molecule has 1 aromatic rings. The molecule has 0 bridgehead atoms. The highest BCUT2D eigenvalue weighted by molar-refractivity contribution is 5.85. The molecule has 0 amide bonds. The third-order valence-electron chi connectivity index (χ3n) is 3.62. The van der Waals surface area contributed by atoms with Crippen LogP contribution in [0.4, 0.5) is 5.69 Å². The van der Waals surface area contributed by atoms with Crippen molar-refractivity contribution >= 4 is 18.1 Å². The summed E-state index contributed by atoms with van der Waals surface area (Å²) in [5, 5.41) is 3.44. The Labute approximate surface area is 103 Å². The Morgan fingerprint density at radius 1 is 1.31 bits per heavy atom. The fourth-order valence-electron chi connectivity index (χ4n) is 2.78. The molecule has 1 N–H and O–H groups in total. The summed E-state index contributed by atoms with van der Waals surface area (Å²) in [6.07, 6.45) is 2.58. The number of rotatable bonds is 2. The lowest BCUT2D eigenvalue weighted by Crippen LogP contribution is -2.28. The highest BCUT2D eigenvalue weighted by atomic mass is 35.5. The van der Waals surface area contributed by atoms with Crippen LogP contribution in [0.5, 0.6) is 0 Å². The van der Waals surface area contributed by atoms with Crippen molar-refractivity contribution in [2.24, 2.45) is 5.92 Å². The van der Waals surface area contributed by atoms with Gasteiger partial charge in [0, 0.05) is 18.8 Å². The fourth-order valence-corrected chi connectivity index (χ4v) is 2.78. The molecule has 2 nitrogen and oxygen atoms in total. The summed E-state index contributed by atoms with van der Waals surface area (Å²) in [6.45, 7) is 4.87. The zero-order valence-electron chi connectivity index (χ0n) is 9.48. The molecule has 2 aliphatic heterocycles. The number of benzene rings is 1. The summed E-state index contributed by atoms with van der Waals surface area (Å²) in [4.78, 5) is 2.56. The van der Waals surface area contributed by atoms with E-state index in [2.05, 4.69) is 34.5 Å². The SMILES string of the molecule is Cl.c1ccc2c(c1)CCN2CC1CCNC1. The molecule has 0 spiro atoms. The molecule has 2 aliphatic rings. The van der Waals surface area contributed by atoms with E-state index >= 15 is 0 Å². The van der Waals surface area contributed by atoms with Crippen LogP contribution in [-0.4, -0.2) is 26.2 Å².